The van der Waals surface area contributed by atoms with Gasteiger partial charge in [0, 0.05) is 18.7 Å². The number of carbonyl (C=O) groups is 3. The van der Waals surface area contributed by atoms with Crippen LogP contribution in [0.15, 0.2) is 47.6 Å². The molecule has 2 atom stereocenters. The van der Waals surface area contributed by atoms with Gasteiger partial charge in [0.25, 0.3) is 5.91 Å². The molecule has 30 heavy (non-hydrogen) atoms. The molecule has 1 aliphatic heterocycles. The number of hydrogen-bond acceptors (Lipinski definition) is 4. The Morgan fingerprint density at radius 3 is 2.53 bits per heavy atom. The summed E-state index contributed by atoms with van der Waals surface area (Å²) in [6, 6.07) is 7.86. The Morgan fingerprint density at radius 2 is 1.83 bits per heavy atom. The van der Waals surface area contributed by atoms with Crippen LogP contribution in [0.2, 0.25) is 0 Å². The van der Waals surface area contributed by atoms with Gasteiger partial charge in [-0.25, -0.2) is 13.8 Å². The minimum atomic E-state index is -0.981. The van der Waals surface area contributed by atoms with E-state index in [1.165, 1.54) is 20.2 Å². The number of rotatable bonds is 5. The van der Waals surface area contributed by atoms with Gasteiger partial charge in [-0.1, -0.05) is 24.3 Å². The lowest BCUT2D eigenvalue weighted by Gasteiger charge is -2.22. The molecule has 2 aromatic carbocycles. The summed E-state index contributed by atoms with van der Waals surface area (Å²) in [5, 5.41) is 10.3. The van der Waals surface area contributed by atoms with Crippen molar-refractivity contribution >= 4 is 23.9 Å². The first-order chi connectivity index (χ1) is 14.2. The van der Waals surface area contributed by atoms with Gasteiger partial charge in [0.2, 0.25) is 11.8 Å². The van der Waals surface area contributed by atoms with Gasteiger partial charge < -0.3 is 10.6 Å². The van der Waals surface area contributed by atoms with E-state index in [-0.39, 0.29) is 12.0 Å². The Morgan fingerprint density at radius 1 is 1.17 bits per heavy atom. The zero-order valence-corrected chi connectivity index (χ0v) is 16.4. The summed E-state index contributed by atoms with van der Waals surface area (Å²) >= 11 is 0. The fourth-order valence-electron chi connectivity index (χ4n) is 3.08. The highest BCUT2D eigenvalue weighted by atomic mass is 19.1. The minimum Gasteiger partial charge on any atom is -0.344 e. The normalized spacial score (nSPS) is 16.5. The van der Waals surface area contributed by atoms with Crippen LogP contribution in [-0.2, 0) is 20.8 Å². The zero-order valence-electron chi connectivity index (χ0n) is 16.4. The molecule has 0 spiro atoms. The van der Waals surface area contributed by atoms with Crippen molar-refractivity contribution in [1.29, 1.82) is 0 Å². The number of nitrogens with one attached hydrogen (secondary N) is 2. The van der Waals surface area contributed by atoms with Gasteiger partial charge in [0.1, 0.15) is 23.7 Å². The van der Waals surface area contributed by atoms with E-state index in [0.29, 0.717) is 17.2 Å². The maximum atomic E-state index is 13.3. The molecule has 3 amide bonds. The van der Waals surface area contributed by atoms with Crippen molar-refractivity contribution in [2.24, 2.45) is 5.10 Å². The lowest BCUT2D eigenvalue weighted by Crippen LogP contribution is -2.48. The highest BCUT2D eigenvalue weighted by molar-refractivity contribution is 5.96. The molecule has 7 nitrogen and oxygen atoms in total. The van der Waals surface area contributed by atoms with E-state index in [1.807, 2.05) is 0 Å². The predicted molar refractivity (Wildman–Crippen MR) is 105 cm³/mol. The number of fused-ring (bicyclic) bond motifs is 1. The van der Waals surface area contributed by atoms with E-state index >= 15 is 0 Å². The fraction of sp³-hybridized carbons (Fsp3) is 0.238. The van der Waals surface area contributed by atoms with Crippen molar-refractivity contribution in [2.45, 2.75) is 25.4 Å². The average Bonchev–Trinajstić information content (AvgIpc) is 2.79. The molecule has 1 aliphatic rings. The summed E-state index contributed by atoms with van der Waals surface area (Å²) in [5.74, 6) is -3.19. The molecule has 0 saturated heterocycles. The molecule has 2 N–H and O–H groups in total. The lowest BCUT2D eigenvalue weighted by molar-refractivity contribution is -0.136. The third-order valence-corrected chi connectivity index (χ3v) is 4.59. The van der Waals surface area contributed by atoms with Crippen LogP contribution in [0.1, 0.15) is 29.7 Å². The Balaban J connectivity index is 1.67. The second kappa shape index (κ2) is 8.81. The van der Waals surface area contributed by atoms with Gasteiger partial charge >= 0.3 is 0 Å². The van der Waals surface area contributed by atoms with Crippen LogP contribution in [0.5, 0.6) is 0 Å². The number of hydrogen-bond donors (Lipinski definition) is 2. The monoisotopic (exact) mass is 414 g/mol. The van der Waals surface area contributed by atoms with Crippen LogP contribution >= 0.6 is 0 Å². The highest BCUT2D eigenvalue weighted by Gasteiger charge is 2.30. The fourth-order valence-corrected chi connectivity index (χ4v) is 3.08. The van der Waals surface area contributed by atoms with Crippen molar-refractivity contribution in [3.63, 3.8) is 0 Å². The predicted octanol–water partition coefficient (Wildman–Crippen LogP) is 1.68. The second-order valence-corrected chi connectivity index (χ2v) is 6.92. The van der Waals surface area contributed by atoms with Crippen molar-refractivity contribution < 1.29 is 23.2 Å². The van der Waals surface area contributed by atoms with Gasteiger partial charge in [-0.05, 0) is 30.2 Å². The molecule has 0 unspecified atom stereocenters. The van der Waals surface area contributed by atoms with Crippen molar-refractivity contribution in [3.05, 3.63) is 70.8 Å². The van der Waals surface area contributed by atoms with E-state index in [2.05, 4.69) is 15.7 Å². The summed E-state index contributed by atoms with van der Waals surface area (Å²) in [6.07, 6.45) is 1.23. The molecule has 156 valence electrons. The minimum absolute atomic E-state index is 0.143. The maximum Gasteiger partial charge on any atom is 0.269 e. The molecule has 0 aromatic heterocycles. The standard InChI is InChI=1S/C21H20F2N4O3/c1-12(25-18(28)9-13-7-15(22)10-16(23)8-13)20(29)26-19-17-6-4-3-5-14(17)11-24-27(2)21(19)30/h3-8,10-12,19H,9H2,1-2H3,(H,25,28)(H,26,29)/t12-,19-/m0/s1. The number of hydrazone groups is 1. The number of amides is 3. The number of benzene rings is 2. The van der Waals surface area contributed by atoms with Crippen molar-refractivity contribution in [2.75, 3.05) is 7.05 Å². The quantitative estimate of drug-likeness (QED) is 0.780. The van der Waals surface area contributed by atoms with E-state index in [0.717, 1.165) is 17.1 Å². The number of carbonyl (C=O) groups excluding carboxylic acids is 3. The van der Waals surface area contributed by atoms with Gasteiger partial charge in [0.15, 0.2) is 0 Å². The molecular formula is C21H20F2N4O3. The molecule has 9 heteroatoms. The van der Waals surface area contributed by atoms with Gasteiger partial charge in [0.05, 0.1) is 12.6 Å². The van der Waals surface area contributed by atoms with Crippen LogP contribution in [-0.4, -0.2) is 42.0 Å². The molecule has 2 aromatic rings. The molecule has 0 saturated carbocycles. The first-order valence-electron chi connectivity index (χ1n) is 9.20. The molecule has 3 rings (SSSR count). The third-order valence-electron chi connectivity index (χ3n) is 4.59. The van der Waals surface area contributed by atoms with Gasteiger partial charge in [-0.2, -0.15) is 5.10 Å². The van der Waals surface area contributed by atoms with Crippen LogP contribution in [0.3, 0.4) is 0 Å². The van der Waals surface area contributed by atoms with Crippen molar-refractivity contribution in [1.82, 2.24) is 15.6 Å². The topological polar surface area (TPSA) is 90.9 Å². The first kappa shape index (κ1) is 21.1. The number of nitrogens with zero attached hydrogens (tertiary/aromatic N) is 2. The zero-order chi connectivity index (χ0) is 21.8. The lowest BCUT2D eigenvalue weighted by atomic mass is 10.00. The summed E-state index contributed by atoms with van der Waals surface area (Å²) < 4.78 is 26.5. The summed E-state index contributed by atoms with van der Waals surface area (Å²) in [6.45, 7) is 1.45. The molecule has 1 heterocycles. The molecular weight excluding hydrogens is 394 g/mol. The third kappa shape index (κ3) is 4.86. The van der Waals surface area contributed by atoms with Crippen LogP contribution in [0.25, 0.3) is 0 Å². The Kier molecular flexibility index (Phi) is 6.20. The SMILES string of the molecule is C[C@H](NC(=O)Cc1cc(F)cc(F)c1)C(=O)N[C@@H]1C(=O)N(C)N=Cc2ccccc21. The molecule has 0 aliphatic carbocycles. The number of likely N-dealkylation sites (N-methyl/N-ethyl adjacent to an activating group) is 1. The van der Waals surface area contributed by atoms with Crippen molar-refractivity contribution in [3.8, 4) is 0 Å². The average molecular weight is 414 g/mol. The summed E-state index contributed by atoms with van der Waals surface area (Å²) in [7, 11) is 1.48. The van der Waals surface area contributed by atoms with Crippen LogP contribution in [0, 0.1) is 11.6 Å². The molecule has 0 bridgehead atoms. The van der Waals surface area contributed by atoms with E-state index in [4.69, 9.17) is 0 Å². The smallest absolute Gasteiger partial charge is 0.269 e. The number of halogens is 2. The summed E-state index contributed by atoms with van der Waals surface area (Å²) in [5.41, 5.74) is 1.41. The first-order valence-corrected chi connectivity index (χ1v) is 9.20. The molecule has 0 radical (unpaired) electrons. The highest BCUT2D eigenvalue weighted by Crippen LogP contribution is 2.22. The van der Waals surface area contributed by atoms with Crippen LogP contribution < -0.4 is 10.6 Å². The van der Waals surface area contributed by atoms with E-state index in [1.54, 1.807) is 24.3 Å². The van der Waals surface area contributed by atoms with E-state index in [9.17, 15) is 23.2 Å². The van der Waals surface area contributed by atoms with Gasteiger partial charge in [-0.3, -0.25) is 14.4 Å². The van der Waals surface area contributed by atoms with Crippen LogP contribution in [0.4, 0.5) is 8.78 Å². The Labute approximate surface area is 171 Å². The second-order valence-electron chi connectivity index (χ2n) is 6.92. The largest absolute Gasteiger partial charge is 0.344 e. The maximum absolute atomic E-state index is 13.3. The van der Waals surface area contributed by atoms with Gasteiger partial charge in [-0.15, -0.1) is 0 Å². The summed E-state index contributed by atoms with van der Waals surface area (Å²) in [4.78, 5) is 37.4. The molecule has 0 fully saturated rings. The Hall–Kier alpha value is -3.62. The van der Waals surface area contributed by atoms with E-state index < -0.39 is 41.4 Å². The Bertz CT molecular complexity index is 1000.